The molecule has 3 heterocycles. The predicted octanol–water partition coefficient (Wildman–Crippen LogP) is 5.58. The number of hydrogen-bond acceptors (Lipinski definition) is 7. The maximum Gasteiger partial charge on any atom is 0.255 e. The van der Waals surface area contributed by atoms with Crippen molar-refractivity contribution in [3.05, 3.63) is 109 Å². The quantitative estimate of drug-likeness (QED) is 0.212. The van der Waals surface area contributed by atoms with Gasteiger partial charge in [-0.15, -0.1) is 0 Å². The Kier molecular flexibility index (Phi) is 7.64. The molecule has 0 saturated carbocycles. The maximum absolute atomic E-state index is 13.0. The molecule has 0 radical (unpaired) electrons. The van der Waals surface area contributed by atoms with Crippen LogP contribution in [0.2, 0.25) is 0 Å². The number of imidazole rings is 1. The number of hydrogen-bond donors (Lipinski definition) is 3. The van der Waals surface area contributed by atoms with Crippen LogP contribution in [0, 0.1) is 6.92 Å². The number of benzene rings is 2. The van der Waals surface area contributed by atoms with Crippen molar-refractivity contribution >= 4 is 23.2 Å². The molecule has 0 aliphatic rings. The van der Waals surface area contributed by atoms with E-state index in [4.69, 9.17) is 4.74 Å². The second kappa shape index (κ2) is 11.8. The Morgan fingerprint density at radius 2 is 1.95 bits per heavy atom. The molecule has 0 fully saturated rings. The van der Waals surface area contributed by atoms with Crippen molar-refractivity contribution in [1.82, 2.24) is 24.9 Å². The van der Waals surface area contributed by atoms with Crippen LogP contribution in [0.3, 0.4) is 0 Å². The lowest BCUT2D eigenvalue weighted by molar-refractivity contribution is 0.102. The molecule has 3 aromatic heterocycles. The molecule has 0 saturated heterocycles. The minimum Gasteiger partial charge on any atom is -0.494 e. The Morgan fingerprint density at radius 3 is 2.79 bits per heavy atom. The Labute approximate surface area is 220 Å². The van der Waals surface area contributed by atoms with Gasteiger partial charge in [0.15, 0.2) is 0 Å². The first kappa shape index (κ1) is 24.6. The Hall–Kier alpha value is -5.05. The highest BCUT2D eigenvalue weighted by molar-refractivity contribution is 6.05. The number of carbonyl (C=O) groups is 1. The number of aromatic nitrogens is 5. The number of ether oxygens (including phenoxy) is 1. The molecule has 0 unspecified atom stereocenters. The number of anilines is 3. The van der Waals surface area contributed by atoms with E-state index in [0.717, 1.165) is 41.2 Å². The minimum atomic E-state index is -0.229. The number of aryl methyl sites for hydroxylation is 2. The number of rotatable bonds is 10. The van der Waals surface area contributed by atoms with Gasteiger partial charge in [0.25, 0.3) is 5.91 Å². The smallest absolute Gasteiger partial charge is 0.255 e. The number of pyridine rings is 1. The van der Waals surface area contributed by atoms with E-state index in [1.54, 1.807) is 36.9 Å². The second-order valence-electron chi connectivity index (χ2n) is 8.63. The third kappa shape index (κ3) is 6.38. The molecule has 9 heteroatoms. The van der Waals surface area contributed by atoms with Crippen molar-refractivity contribution in [3.63, 3.8) is 0 Å². The largest absolute Gasteiger partial charge is 0.494 e. The third-order valence-electron chi connectivity index (χ3n) is 5.83. The summed E-state index contributed by atoms with van der Waals surface area (Å²) in [5.41, 5.74) is 4.51. The summed E-state index contributed by atoms with van der Waals surface area (Å²) in [6, 6.07) is 18.5. The third-order valence-corrected chi connectivity index (χ3v) is 5.83. The zero-order valence-corrected chi connectivity index (χ0v) is 20.9. The average molecular weight is 506 g/mol. The lowest BCUT2D eigenvalue weighted by Crippen LogP contribution is -2.12. The van der Waals surface area contributed by atoms with E-state index in [9.17, 15) is 4.79 Å². The van der Waals surface area contributed by atoms with E-state index >= 15 is 0 Å². The van der Waals surface area contributed by atoms with Crippen molar-refractivity contribution in [1.29, 1.82) is 0 Å². The number of nitrogens with one attached hydrogen (secondary N) is 3. The first-order valence-corrected chi connectivity index (χ1v) is 12.3. The lowest BCUT2D eigenvalue weighted by atomic mass is 10.1. The number of nitrogens with zero attached hydrogens (tertiary/aromatic N) is 4. The highest BCUT2D eigenvalue weighted by atomic mass is 16.5. The minimum absolute atomic E-state index is 0.229. The molecule has 0 spiro atoms. The number of aromatic amines is 1. The summed E-state index contributed by atoms with van der Waals surface area (Å²) in [6.07, 6.45) is 10.4. The molecular weight excluding hydrogens is 478 g/mol. The summed E-state index contributed by atoms with van der Waals surface area (Å²) in [4.78, 5) is 33.4. The zero-order valence-electron chi connectivity index (χ0n) is 20.9. The van der Waals surface area contributed by atoms with Crippen LogP contribution in [0.15, 0.2) is 91.6 Å². The molecule has 5 aromatic rings. The Bertz CT molecular complexity index is 1500. The van der Waals surface area contributed by atoms with E-state index in [1.165, 1.54) is 0 Å². The number of amides is 1. The van der Waals surface area contributed by atoms with Crippen LogP contribution >= 0.6 is 0 Å². The van der Waals surface area contributed by atoms with Gasteiger partial charge in [-0.2, -0.15) is 0 Å². The van der Waals surface area contributed by atoms with Gasteiger partial charge in [0, 0.05) is 66.0 Å². The molecule has 0 aliphatic heterocycles. The summed E-state index contributed by atoms with van der Waals surface area (Å²) in [7, 11) is 0. The van der Waals surface area contributed by atoms with Crippen molar-refractivity contribution in [3.8, 4) is 17.0 Å². The highest BCUT2D eigenvalue weighted by Crippen LogP contribution is 2.24. The number of H-pyrrole nitrogens is 1. The van der Waals surface area contributed by atoms with Gasteiger partial charge < -0.3 is 20.4 Å². The summed E-state index contributed by atoms with van der Waals surface area (Å²) in [5.74, 6) is 1.84. The molecular formula is C29H27N7O2. The molecule has 5 rings (SSSR count). The molecule has 1 amide bonds. The van der Waals surface area contributed by atoms with Crippen LogP contribution in [0.5, 0.6) is 5.75 Å². The summed E-state index contributed by atoms with van der Waals surface area (Å²) in [5, 5.41) is 6.19. The van der Waals surface area contributed by atoms with Crippen molar-refractivity contribution < 1.29 is 9.53 Å². The van der Waals surface area contributed by atoms with Crippen LogP contribution in [0.25, 0.3) is 11.3 Å². The monoisotopic (exact) mass is 505 g/mol. The first-order valence-electron chi connectivity index (χ1n) is 12.3. The molecule has 38 heavy (non-hydrogen) atoms. The van der Waals surface area contributed by atoms with Gasteiger partial charge in [-0.1, -0.05) is 12.1 Å². The topological polar surface area (TPSA) is 118 Å². The van der Waals surface area contributed by atoms with Crippen LogP contribution in [-0.2, 0) is 6.42 Å². The van der Waals surface area contributed by atoms with E-state index in [1.807, 2.05) is 61.7 Å². The lowest BCUT2D eigenvalue weighted by Gasteiger charge is -2.12. The van der Waals surface area contributed by atoms with Gasteiger partial charge in [-0.3, -0.25) is 9.78 Å². The van der Waals surface area contributed by atoms with Crippen LogP contribution in [0.4, 0.5) is 17.3 Å². The van der Waals surface area contributed by atoms with Crippen LogP contribution in [-0.4, -0.2) is 37.4 Å². The fourth-order valence-corrected chi connectivity index (χ4v) is 3.84. The SMILES string of the molecule is Cc1ccc(C(=O)Nc2cccc(OCCCc3ncc[nH]3)c2)cc1Nc1nccc(-c2cccnc2)n1. The predicted molar refractivity (Wildman–Crippen MR) is 147 cm³/mol. The van der Waals surface area contributed by atoms with Gasteiger partial charge in [0.1, 0.15) is 11.6 Å². The fourth-order valence-electron chi connectivity index (χ4n) is 3.84. The maximum atomic E-state index is 13.0. The fraction of sp³-hybridized carbons (Fsp3) is 0.138. The molecule has 3 N–H and O–H groups in total. The molecule has 0 atom stereocenters. The molecule has 0 aliphatic carbocycles. The number of carbonyl (C=O) groups excluding carboxylic acids is 1. The van der Waals surface area contributed by atoms with E-state index < -0.39 is 0 Å². The summed E-state index contributed by atoms with van der Waals surface area (Å²) < 4.78 is 5.85. The van der Waals surface area contributed by atoms with Gasteiger partial charge in [-0.05, 0) is 61.4 Å². The average Bonchev–Trinajstić information content (AvgIpc) is 3.47. The first-order chi connectivity index (χ1) is 18.6. The van der Waals surface area contributed by atoms with E-state index in [2.05, 4.69) is 35.6 Å². The molecule has 9 nitrogen and oxygen atoms in total. The van der Waals surface area contributed by atoms with Crippen molar-refractivity contribution in [2.75, 3.05) is 17.2 Å². The normalized spacial score (nSPS) is 10.7. The van der Waals surface area contributed by atoms with Gasteiger partial charge >= 0.3 is 0 Å². The van der Waals surface area contributed by atoms with Gasteiger partial charge in [0.2, 0.25) is 5.95 Å². The summed E-state index contributed by atoms with van der Waals surface area (Å²) in [6.45, 7) is 2.51. The molecule has 0 bridgehead atoms. The van der Waals surface area contributed by atoms with E-state index in [-0.39, 0.29) is 5.91 Å². The van der Waals surface area contributed by atoms with E-state index in [0.29, 0.717) is 29.6 Å². The Morgan fingerprint density at radius 1 is 1.00 bits per heavy atom. The standard InChI is InChI=1S/C29H27N7O2/c1-20-9-10-21(17-26(20)36-29-33-13-11-25(35-29)22-5-3-12-30-19-22)28(37)34-23-6-2-7-24(18-23)38-16-4-8-27-31-14-15-32-27/h2-3,5-7,9-15,17-19H,4,8,16H2,1H3,(H,31,32)(H,34,37)(H,33,35,36). The van der Waals surface area contributed by atoms with Gasteiger partial charge in [-0.25, -0.2) is 15.0 Å². The summed E-state index contributed by atoms with van der Waals surface area (Å²) >= 11 is 0. The molecule has 2 aromatic carbocycles. The highest BCUT2D eigenvalue weighted by Gasteiger charge is 2.11. The zero-order chi connectivity index (χ0) is 26.2. The van der Waals surface area contributed by atoms with Crippen molar-refractivity contribution in [2.45, 2.75) is 19.8 Å². The van der Waals surface area contributed by atoms with Crippen molar-refractivity contribution in [2.24, 2.45) is 0 Å². The second-order valence-corrected chi connectivity index (χ2v) is 8.63. The molecule has 190 valence electrons. The van der Waals surface area contributed by atoms with Gasteiger partial charge in [0.05, 0.1) is 12.3 Å². The Balaban J connectivity index is 1.22. The van der Waals surface area contributed by atoms with Crippen LogP contribution < -0.4 is 15.4 Å². The van der Waals surface area contributed by atoms with Crippen LogP contribution in [0.1, 0.15) is 28.2 Å².